The number of anilines is 4. The van der Waals surface area contributed by atoms with E-state index >= 15 is 0 Å². The zero-order valence-corrected chi connectivity index (χ0v) is 24.5. The Morgan fingerprint density at radius 1 is 0.432 bits per heavy atom. The summed E-state index contributed by atoms with van der Waals surface area (Å²) in [5.74, 6) is 3.63. The Balaban J connectivity index is 0.000000168. The van der Waals surface area contributed by atoms with Crippen molar-refractivity contribution in [3.63, 3.8) is 0 Å². The molecule has 0 fully saturated rings. The SMILES string of the molecule is CN1C=CN(c2cccc(N3C=CN(C)[CH-]3)n2)[CH-]1.CN1C=CN(c2cccc(N3C=CN(C)[CH-]3)n2)[CH-]1.[Zn]. The molecule has 4 aliphatic rings. The first kappa shape index (κ1) is 26.3. The van der Waals surface area contributed by atoms with Gasteiger partial charge in [0.25, 0.3) is 0 Å². The van der Waals surface area contributed by atoms with Crippen molar-refractivity contribution in [2.45, 2.75) is 0 Å². The first-order valence-corrected chi connectivity index (χ1v) is 11.5. The maximum absolute atomic E-state index is 4.64. The van der Waals surface area contributed by atoms with Crippen LogP contribution in [0.3, 0.4) is 0 Å². The molecule has 0 radical (unpaired) electrons. The Morgan fingerprint density at radius 2 is 0.676 bits per heavy atom. The molecule has 11 heteroatoms. The largest absolute Gasteiger partial charge is 0.510 e. The predicted molar refractivity (Wildman–Crippen MR) is 143 cm³/mol. The standard InChI is InChI=1S/2C13H15N5.Zn/c2*1-15-6-8-17(10-15)12-4-3-5-13(14-12)18-9-7-16(2)11-18;/h2*3-11H,1-2H3;/q2*-2;. The average molecular weight is 548 g/mol. The van der Waals surface area contributed by atoms with E-state index in [4.69, 9.17) is 0 Å². The third kappa shape index (κ3) is 6.35. The van der Waals surface area contributed by atoms with Crippen molar-refractivity contribution in [2.24, 2.45) is 0 Å². The summed E-state index contributed by atoms with van der Waals surface area (Å²) in [6, 6.07) is 12.0. The van der Waals surface area contributed by atoms with E-state index in [9.17, 15) is 0 Å². The van der Waals surface area contributed by atoms with Crippen molar-refractivity contribution >= 4 is 23.3 Å². The van der Waals surface area contributed by atoms with Crippen LogP contribution in [0, 0.1) is 26.7 Å². The van der Waals surface area contributed by atoms with Gasteiger partial charge in [0.05, 0.1) is 0 Å². The van der Waals surface area contributed by atoms with Crippen molar-refractivity contribution in [2.75, 3.05) is 47.8 Å². The van der Waals surface area contributed by atoms with Gasteiger partial charge < -0.3 is 39.2 Å². The van der Waals surface area contributed by atoms with Crippen molar-refractivity contribution in [3.8, 4) is 0 Å². The summed E-state index contributed by atoms with van der Waals surface area (Å²) >= 11 is 0. The van der Waals surface area contributed by atoms with Crippen LogP contribution in [0.2, 0.25) is 0 Å². The van der Waals surface area contributed by atoms with Crippen LogP contribution in [0.4, 0.5) is 23.3 Å². The van der Waals surface area contributed by atoms with Crippen molar-refractivity contribution < 1.29 is 19.5 Å². The minimum atomic E-state index is 0. The van der Waals surface area contributed by atoms with Crippen LogP contribution >= 0.6 is 0 Å². The molecule has 0 aromatic carbocycles. The molecule has 6 heterocycles. The molecule has 190 valence electrons. The number of rotatable bonds is 4. The summed E-state index contributed by atoms with van der Waals surface area (Å²) in [4.78, 5) is 25.2. The van der Waals surface area contributed by atoms with Crippen LogP contribution in [-0.2, 0) is 19.5 Å². The number of hydrogen-bond donors (Lipinski definition) is 0. The molecule has 0 bridgehead atoms. The van der Waals surface area contributed by atoms with Crippen LogP contribution < -0.4 is 19.6 Å². The average Bonchev–Trinajstić information content (AvgIpc) is 3.69. The molecule has 6 rings (SSSR count). The minimum absolute atomic E-state index is 0. The number of nitrogens with zero attached hydrogens (tertiary/aromatic N) is 10. The Labute approximate surface area is 232 Å². The maximum atomic E-state index is 4.64. The molecule has 0 N–H and O–H groups in total. The fourth-order valence-corrected chi connectivity index (χ4v) is 3.74. The van der Waals surface area contributed by atoms with Gasteiger partial charge in [-0.3, -0.25) is 0 Å². The molecule has 10 nitrogen and oxygen atoms in total. The summed E-state index contributed by atoms with van der Waals surface area (Å²) < 4.78 is 0. The van der Waals surface area contributed by atoms with E-state index in [0.29, 0.717) is 0 Å². The first-order valence-electron chi connectivity index (χ1n) is 11.5. The van der Waals surface area contributed by atoms with Gasteiger partial charge in [0.15, 0.2) is 0 Å². The molecule has 37 heavy (non-hydrogen) atoms. The van der Waals surface area contributed by atoms with Gasteiger partial charge in [-0.05, 0) is 102 Å². The zero-order valence-electron chi connectivity index (χ0n) is 21.6. The summed E-state index contributed by atoms with van der Waals surface area (Å²) in [6.45, 7) is 7.95. The molecule has 2 aromatic rings. The van der Waals surface area contributed by atoms with E-state index in [2.05, 4.69) is 9.97 Å². The number of aromatic nitrogens is 2. The molecule has 0 spiro atoms. The first-order chi connectivity index (χ1) is 17.4. The van der Waals surface area contributed by atoms with Crippen LogP contribution in [0.15, 0.2) is 86.0 Å². The van der Waals surface area contributed by atoms with Gasteiger partial charge in [0, 0.05) is 19.5 Å². The van der Waals surface area contributed by atoms with Crippen LogP contribution in [0.5, 0.6) is 0 Å². The molecule has 2 aromatic heterocycles. The molecule has 4 aliphatic heterocycles. The van der Waals surface area contributed by atoms with Gasteiger partial charge in [0.1, 0.15) is 23.3 Å². The Kier molecular flexibility index (Phi) is 8.23. The molecule has 0 atom stereocenters. The van der Waals surface area contributed by atoms with E-state index in [1.807, 2.05) is 180 Å². The topological polar surface area (TPSA) is 51.7 Å². The predicted octanol–water partition coefficient (Wildman–Crippen LogP) is 3.53. The molecular formula is C26H30N10Zn-4. The number of pyridine rings is 2. The van der Waals surface area contributed by atoms with Crippen LogP contribution in [0.1, 0.15) is 0 Å². The summed E-state index contributed by atoms with van der Waals surface area (Å²) in [7, 11) is 7.97. The van der Waals surface area contributed by atoms with E-state index in [0.717, 1.165) is 23.3 Å². The van der Waals surface area contributed by atoms with E-state index in [1.54, 1.807) is 0 Å². The van der Waals surface area contributed by atoms with Crippen molar-refractivity contribution in [1.82, 2.24) is 29.6 Å². The molecule has 0 amide bonds. The molecule has 0 aliphatic carbocycles. The maximum Gasteiger partial charge on any atom is 0.106 e. The second kappa shape index (κ2) is 11.6. The van der Waals surface area contributed by atoms with E-state index < -0.39 is 0 Å². The summed E-state index contributed by atoms with van der Waals surface area (Å²) in [6.07, 6.45) is 15.9. The molecule has 0 saturated heterocycles. The van der Waals surface area contributed by atoms with Gasteiger partial charge in [-0.15, -0.1) is 26.7 Å². The van der Waals surface area contributed by atoms with Crippen LogP contribution in [0.25, 0.3) is 0 Å². The second-order valence-corrected chi connectivity index (χ2v) is 8.65. The Morgan fingerprint density at radius 3 is 0.865 bits per heavy atom. The Bertz CT molecular complexity index is 1010. The normalized spacial score (nSPS) is 17.8. The minimum Gasteiger partial charge on any atom is -0.510 e. The Hall–Kier alpha value is -3.72. The second-order valence-electron chi connectivity index (χ2n) is 8.65. The smallest absolute Gasteiger partial charge is 0.106 e. The van der Waals surface area contributed by atoms with Gasteiger partial charge in [-0.25, -0.2) is 9.97 Å². The van der Waals surface area contributed by atoms with Crippen LogP contribution in [-0.4, -0.2) is 57.8 Å². The van der Waals surface area contributed by atoms with Gasteiger partial charge in [-0.1, -0.05) is 12.1 Å². The van der Waals surface area contributed by atoms with Crippen molar-refractivity contribution in [3.05, 3.63) is 113 Å². The molecule has 0 unspecified atom stereocenters. The fourth-order valence-electron chi connectivity index (χ4n) is 3.74. The van der Waals surface area contributed by atoms with Gasteiger partial charge in [-0.2, -0.15) is 0 Å². The number of hydrogen-bond acceptors (Lipinski definition) is 10. The van der Waals surface area contributed by atoms with Crippen molar-refractivity contribution in [1.29, 1.82) is 0 Å². The fraction of sp³-hybridized carbons (Fsp3) is 0.154. The summed E-state index contributed by atoms with van der Waals surface area (Å²) in [5.41, 5.74) is 0. The van der Waals surface area contributed by atoms with Gasteiger partial charge >= 0.3 is 0 Å². The quantitative estimate of drug-likeness (QED) is 0.420. The molecule has 0 saturated carbocycles. The third-order valence-electron chi connectivity index (χ3n) is 5.57. The van der Waals surface area contributed by atoms with E-state index in [1.165, 1.54) is 0 Å². The van der Waals surface area contributed by atoms with Gasteiger partial charge in [0.2, 0.25) is 0 Å². The molecular weight excluding hydrogens is 518 g/mol. The summed E-state index contributed by atoms with van der Waals surface area (Å²) in [5, 5.41) is 0. The zero-order chi connectivity index (χ0) is 25.1. The van der Waals surface area contributed by atoms with E-state index in [-0.39, 0.29) is 19.5 Å². The third-order valence-corrected chi connectivity index (χ3v) is 5.57. The monoisotopic (exact) mass is 546 g/mol.